The van der Waals surface area contributed by atoms with Crippen molar-refractivity contribution < 1.29 is 23.7 Å². The first-order valence-electron chi connectivity index (χ1n) is 13.6. The standard InChI is InChI=1S/C36H28O6/c37-33-29-18-10-11-19-30(29)42-35(34(33)38)28-20-31(39-22-25-12-4-1-5-13-25)36(41-24-27-16-8-3-9-17-27)32(21-28)40-23-26-14-6-2-7-15-26/h1-21,38H,22-24H2. The highest BCUT2D eigenvalue weighted by atomic mass is 16.5. The third kappa shape index (κ3) is 5.98. The van der Waals surface area contributed by atoms with Gasteiger partial charge in [-0.1, -0.05) is 103 Å². The topological polar surface area (TPSA) is 78.1 Å². The summed E-state index contributed by atoms with van der Waals surface area (Å²) >= 11 is 0. The van der Waals surface area contributed by atoms with E-state index in [1.807, 2.05) is 91.0 Å². The maximum absolute atomic E-state index is 13.0. The van der Waals surface area contributed by atoms with E-state index in [0.29, 0.717) is 33.8 Å². The van der Waals surface area contributed by atoms with Crippen LogP contribution in [-0.4, -0.2) is 5.11 Å². The Balaban J connectivity index is 1.47. The van der Waals surface area contributed by atoms with Crippen LogP contribution in [-0.2, 0) is 19.8 Å². The van der Waals surface area contributed by atoms with Gasteiger partial charge in [0.1, 0.15) is 25.4 Å². The molecule has 42 heavy (non-hydrogen) atoms. The number of hydrogen-bond acceptors (Lipinski definition) is 6. The third-order valence-electron chi connectivity index (χ3n) is 6.76. The van der Waals surface area contributed by atoms with Gasteiger partial charge in [0, 0.05) is 5.56 Å². The summed E-state index contributed by atoms with van der Waals surface area (Å²) in [7, 11) is 0. The van der Waals surface area contributed by atoms with Gasteiger partial charge in [0.05, 0.1) is 5.39 Å². The maximum Gasteiger partial charge on any atom is 0.235 e. The lowest BCUT2D eigenvalue weighted by Gasteiger charge is -2.19. The Labute approximate surface area is 243 Å². The molecule has 208 valence electrons. The highest BCUT2D eigenvalue weighted by Crippen LogP contribution is 2.44. The van der Waals surface area contributed by atoms with Gasteiger partial charge in [-0.15, -0.1) is 0 Å². The lowest BCUT2D eigenvalue weighted by Crippen LogP contribution is -2.06. The van der Waals surface area contributed by atoms with Crippen LogP contribution in [0.15, 0.2) is 137 Å². The molecular weight excluding hydrogens is 528 g/mol. The van der Waals surface area contributed by atoms with Gasteiger partial charge in [0.15, 0.2) is 17.3 Å². The Hall–Kier alpha value is -5.49. The van der Waals surface area contributed by atoms with Crippen molar-refractivity contribution in [2.45, 2.75) is 19.8 Å². The summed E-state index contributed by atoms with van der Waals surface area (Å²) in [6, 6.07) is 39.5. The van der Waals surface area contributed by atoms with Gasteiger partial charge in [0.25, 0.3) is 0 Å². The molecule has 0 amide bonds. The summed E-state index contributed by atoms with van der Waals surface area (Å²) in [6.07, 6.45) is 0. The number of rotatable bonds is 10. The highest BCUT2D eigenvalue weighted by Gasteiger charge is 2.22. The van der Waals surface area contributed by atoms with Gasteiger partial charge in [-0.05, 0) is 41.0 Å². The zero-order chi connectivity index (χ0) is 28.7. The predicted molar refractivity (Wildman–Crippen MR) is 162 cm³/mol. The quantitative estimate of drug-likeness (QED) is 0.185. The molecular formula is C36H28O6. The zero-order valence-corrected chi connectivity index (χ0v) is 22.7. The number of hydrogen-bond donors (Lipinski definition) is 1. The van der Waals surface area contributed by atoms with Crippen LogP contribution in [0.4, 0.5) is 0 Å². The Morgan fingerprint density at radius 3 is 1.55 bits per heavy atom. The minimum absolute atomic E-state index is 0.0161. The van der Waals surface area contributed by atoms with Crippen molar-refractivity contribution in [3.8, 4) is 34.3 Å². The number of para-hydroxylation sites is 1. The lowest BCUT2D eigenvalue weighted by atomic mass is 10.1. The first kappa shape index (κ1) is 26.7. The van der Waals surface area contributed by atoms with Gasteiger partial charge in [-0.2, -0.15) is 0 Å². The van der Waals surface area contributed by atoms with Crippen LogP contribution in [0.5, 0.6) is 23.0 Å². The fourth-order valence-electron chi connectivity index (χ4n) is 4.59. The molecule has 6 heteroatoms. The number of fused-ring (bicyclic) bond motifs is 1. The molecule has 0 saturated heterocycles. The van der Waals surface area contributed by atoms with Crippen molar-refractivity contribution >= 4 is 11.0 Å². The molecule has 0 aliphatic heterocycles. The fourth-order valence-corrected chi connectivity index (χ4v) is 4.59. The van der Waals surface area contributed by atoms with Crippen molar-refractivity contribution in [3.63, 3.8) is 0 Å². The average Bonchev–Trinajstić information content (AvgIpc) is 3.05. The molecule has 0 radical (unpaired) electrons. The van der Waals surface area contributed by atoms with E-state index in [1.54, 1.807) is 36.4 Å². The van der Waals surface area contributed by atoms with E-state index in [4.69, 9.17) is 18.6 Å². The number of ether oxygens (including phenoxy) is 3. The van der Waals surface area contributed by atoms with Crippen molar-refractivity contribution in [1.29, 1.82) is 0 Å². The molecule has 5 aromatic carbocycles. The lowest BCUT2D eigenvalue weighted by molar-refractivity contribution is 0.230. The minimum Gasteiger partial charge on any atom is -0.502 e. The molecule has 0 fully saturated rings. The molecule has 6 rings (SSSR count). The van der Waals surface area contributed by atoms with Crippen molar-refractivity contribution in [2.75, 3.05) is 0 Å². The van der Waals surface area contributed by atoms with E-state index in [9.17, 15) is 9.90 Å². The van der Waals surface area contributed by atoms with E-state index in [1.165, 1.54) is 0 Å². The van der Waals surface area contributed by atoms with Crippen molar-refractivity contribution in [2.24, 2.45) is 0 Å². The third-order valence-corrected chi connectivity index (χ3v) is 6.76. The Kier molecular flexibility index (Phi) is 7.86. The van der Waals surface area contributed by atoms with Crippen LogP contribution in [0, 0.1) is 0 Å². The molecule has 0 aliphatic rings. The predicted octanol–water partition coefficient (Wildman–Crippen LogP) is 7.90. The molecule has 6 aromatic rings. The van der Waals surface area contributed by atoms with Crippen LogP contribution in [0.1, 0.15) is 16.7 Å². The van der Waals surface area contributed by atoms with Gasteiger partial charge >= 0.3 is 0 Å². The first-order valence-corrected chi connectivity index (χ1v) is 13.6. The molecule has 1 N–H and O–H groups in total. The second-order valence-corrected chi connectivity index (χ2v) is 9.73. The van der Waals surface area contributed by atoms with E-state index in [-0.39, 0.29) is 25.6 Å². The second-order valence-electron chi connectivity index (χ2n) is 9.73. The van der Waals surface area contributed by atoms with E-state index in [2.05, 4.69) is 0 Å². The second kappa shape index (κ2) is 12.4. The van der Waals surface area contributed by atoms with Crippen LogP contribution in [0.25, 0.3) is 22.3 Å². The fraction of sp³-hybridized carbons (Fsp3) is 0.0833. The molecule has 0 saturated carbocycles. The number of aromatic hydroxyl groups is 1. The maximum atomic E-state index is 13.0. The molecule has 0 atom stereocenters. The van der Waals surface area contributed by atoms with Gasteiger partial charge in [-0.25, -0.2) is 0 Å². The summed E-state index contributed by atoms with van der Waals surface area (Å²) in [6.45, 7) is 0.801. The highest BCUT2D eigenvalue weighted by molar-refractivity contribution is 5.82. The molecule has 0 aliphatic carbocycles. The van der Waals surface area contributed by atoms with Gasteiger partial charge < -0.3 is 23.7 Å². The van der Waals surface area contributed by atoms with E-state index >= 15 is 0 Å². The first-order chi connectivity index (χ1) is 20.7. The monoisotopic (exact) mass is 556 g/mol. The van der Waals surface area contributed by atoms with Crippen molar-refractivity contribution in [1.82, 2.24) is 0 Å². The molecule has 0 bridgehead atoms. The molecule has 1 heterocycles. The van der Waals surface area contributed by atoms with Crippen LogP contribution in [0.2, 0.25) is 0 Å². The molecule has 6 nitrogen and oxygen atoms in total. The van der Waals surface area contributed by atoms with Gasteiger partial charge in [-0.3, -0.25) is 4.79 Å². The Bertz CT molecular complexity index is 1780. The Morgan fingerprint density at radius 2 is 1.02 bits per heavy atom. The van der Waals surface area contributed by atoms with Crippen LogP contribution >= 0.6 is 0 Å². The average molecular weight is 557 g/mol. The molecule has 1 aromatic heterocycles. The van der Waals surface area contributed by atoms with E-state index in [0.717, 1.165) is 16.7 Å². The summed E-state index contributed by atoms with van der Waals surface area (Å²) < 4.78 is 25.0. The summed E-state index contributed by atoms with van der Waals surface area (Å²) in [4.78, 5) is 13.0. The summed E-state index contributed by atoms with van der Waals surface area (Å²) in [5, 5.41) is 11.2. The van der Waals surface area contributed by atoms with Crippen molar-refractivity contribution in [3.05, 3.63) is 154 Å². The largest absolute Gasteiger partial charge is 0.502 e. The smallest absolute Gasteiger partial charge is 0.235 e. The molecule has 0 unspecified atom stereocenters. The normalized spacial score (nSPS) is 10.9. The molecule has 0 spiro atoms. The Morgan fingerprint density at radius 1 is 0.571 bits per heavy atom. The zero-order valence-electron chi connectivity index (χ0n) is 22.7. The van der Waals surface area contributed by atoms with Crippen LogP contribution < -0.4 is 19.6 Å². The summed E-state index contributed by atoms with van der Waals surface area (Å²) in [5.74, 6) is 0.685. The van der Waals surface area contributed by atoms with E-state index < -0.39 is 11.2 Å². The number of benzene rings is 5. The SMILES string of the molecule is O=c1c(O)c(-c2cc(OCc3ccccc3)c(OCc3ccccc3)c(OCc3ccccc3)c2)oc2ccccc12. The summed E-state index contributed by atoms with van der Waals surface area (Å²) in [5.41, 5.74) is 3.15. The van der Waals surface area contributed by atoms with Crippen LogP contribution in [0.3, 0.4) is 0 Å². The van der Waals surface area contributed by atoms with Gasteiger partial charge in [0.2, 0.25) is 16.9 Å². The minimum atomic E-state index is -0.519.